The number of aliphatic imine (C=N–C) groups is 1. The summed E-state index contributed by atoms with van der Waals surface area (Å²) in [6.45, 7) is 2.87. The average molecular weight is 399 g/mol. The molecule has 1 saturated carbocycles. The smallest absolute Gasteiger partial charge is 0.191 e. The van der Waals surface area contributed by atoms with E-state index in [1.807, 2.05) is 18.3 Å². The summed E-state index contributed by atoms with van der Waals surface area (Å²) in [5.74, 6) is -0.377. The van der Waals surface area contributed by atoms with Crippen molar-refractivity contribution in [2.45, 2.75) is 43.8 Å². The van der Waals surface area contributed by atoms with Crippen LogP contribution in [0.3, 0.4) is 0 Å². The van der Waals surface area contributed by atoms with Crippen molar-refractivity contribution < 1.29 is 8.78 Å². The molecule has 1 aromatic carbocycles. The molecule has 2 aliphatic rings. The van der Waals surface area contributed by atoms with E-state index < -0.39 is 11.6 Å². The van der Waals surface area contributed by atoms with Crippen molar-refractivity contribution in [3.63, 3.8) is 0 Å². The van der Waals surface area contributed by atoms with Crippen LogP contribution >= 0.6 is 0 Å². The molecule has 7 heteroatoms. The SMILES string of the molecule is CN=C(NC1CCN(Cc2ccccn2)CC1)NC1CC1c1c(F)cccc1F. The van der Waals surface area contributed by atoms with Gasteiger partial charge in [-0.2, -0.15) is 0 Å². The molecule has 0 amide bonds. The molecule has 4 rings (SSSR count). The molecule has 2 N–H and O–H groups in total. The van der Waals surface area contributed by atoms with Gasteiger partial charge in [0.2, 0.25) is 0 Å². The van der Waals surface area contributed by atoms with Gasteiger partial charge < -0.3 is 10.6 Å². The zero-order valence-corrected chi connectivity index (χ0v) is 16.6. The summed E-state index contributed by atoms with van der Waals surface area (Å²) < 4.78 is 28.0. The van der Waals surface area contributed by atoms with E-state index in [4.69, 9.17) is 0 Å². The highest BCUT2D eigenvalue weighted by atomic mass is 19.1. The Hall–Kier alpha value is -2.54. The van der Waals surface area contributed by atoms with E-state index in [0.29, 0.717) is 18.4 Å². The largest absolute Gasteiger partial charge is 0.354 e. The van der Waals surface area contributed by atoms with Crippen molar-refractivity contribution in [1.82, 2.24) is 20.5 Å². The lowest BCUT2D eigenvalue weighted by Crippen LogP contribution is -2.49. The first-order valence-corrected chi connectivity index (χ1v) is 10.2. The highest BCUT2D eigenvalue weighted by Crippen LogP contribution is 2.43. The molecular formula is C22H27F2N5. The minimum Gasteiger partial charge on any atom is -0.354 e. The van der Waals surface area contributed by atoms with Gasteiger partial charge in [0, 0.05) is 56.4 Å². The molecule has 1 aliphatic heterocycles. The lowest BCUT2D eigenvalue weighted by Gasteiger charge is -2.32. The van der Waals surface area contributed by atoms with Crippen molar-refractivity contribution in [2.75, 3.05) is 20.1 Å². The molecule has 2 atom stereocenters. The van der Waals surface area contributed by atoms with Crippen LogP contribution in [-0.4, -0.2) is 48.1 Å². The van der Waals surface area contributed by atoms with Crippen LogP contribution in [0.4, 0.5) is 8.78 Å². The van der Waals surface area contributed by atoms with Crippen LogP contribution in [0.5, 0.6) is 0 Å². The number of rotatable bonds is 5. The van der Waals surface area contributed by atoms with E-state index in [1.165, 1.54) is 18.2 Å². The second-order valence-corrected chi connectivity index (χ2v) is 7.82. The maximum atomic E-state index is 14.0. The number of hydrogen-bond acceptors (Lipinski definition) is 3. The van der Waals surface area contributed by atoms with Gasteiger partial charge in [-0.15, -0.1) is 0 Å². The molecule has 2 aromatic rings. The van der Waals surface area contributed by atoms with Crippen LogP contribution in [0.15, 0.2) is 47.6 Å². The van der Waals surface area contributed by atoms with Gasteiger partial charge in [-0.05, 0) is 43.5 Å². The van der Waals surface area contributed by atoms with Gasteiger partial charge in [0.25, 0.3) is 0 Å². The first-order chi connectivity index (χ1) is 14.1. The Bertz CT molecular complexity index is 829. The first kappa shape index (κ1) is 19.8. The summed E-state index contributed by atoms with van der Waals surface area (Å²) in [4.78, 5) is 11.1. The van der Waals surface area contributed by atoms with Crippen LogP contribution in [0, 0.1) is 11.6 Å². The van der Waals surface area contributed by atoms with Gasteiger partial charge in [0.1, 0.15) is 11.6 Å². The number of nitrogens with zero attached hydrogens (tertiary/aromatic N) is 3. The third-order valence-electron chi connectivity index (χ3n) is 5.75. The highest BCUT2D eigenvalue weighted by molar-refractivity contribution is 5.80. The average Bonchev–Trinajstić information content (AvgIpc) is 3.48. The van der Waals surface area contributed by atoms with Crippen LogP contribution in [-0.2, 0) is 6.54 Å². The van der Waals surface area contributed by atoms with E-state index in [1.54, 1.807) is 7.05 Å². The molecule has 0 radical (unpaired) electrons. The summed E-state index contributed by atoms with van der Waals surface area (Å²) in [5, 5.41) is 6.80. The molecule has 0 spiro atoms. The van der Waals surface area contributed by atoms with E-state index in [-0.39, 0.29) is 17.5 Å². The number of benzene rings is 1. The minimum atomic E-state index is -0.470. The van der Waals surface area contributed by atoms with E-state index in [9.17, 15) is 8.78 Å². The molecule has 5 nitrogen and oxygen atoms in total. The van der Waals surface area contributed by atoms with Gasteiger partial charge in [-0.25, -0.2) is 8.78 Å². The first-order valence-electron chi connectivity index (χ1n) is 10.2. The minimum absolute atomic E-state index is 0.0110. The number of hydrogen-bond donors (Lipinski definition) is 2. The van der Waals surface area contributed by atoms with E-state index in [0.717, 1.165) is 38.2 Å². The monoisotopic (exact) mass is 399 g/mol. The number of nitrogens with one attached hydrogen (secondary N) is 2. The van der Waals surface area contributed by atoms with E-state index >= 15 is 0 Å². The summed E-state index contributed by atoms with van der Waals surface area (Å²) >= 11 is 0. The lowest BCUT2D eigenvalue weighted by atomic mass is 10.0. The van der Waals surface area contributed by atoms with Crippen molar-refractivity contribution >= 4 is 5.96 Å². The normalized spacial score (nSPS) is 23.1. The van der Waals surface area contributed by atoms with Gasteiger partial charge in [0.05, 0.1) is 5.69 Å². The molecule has 154 valence electrons. The van der Waals surface area contributed by atoms with Gasteiger partial charge in [0.15, 0.2) is 5.96 Å². The zero-order valence-electron chi connectivity index (χ0n) is 16.6. The lowest BCUT2D eigenvalue weighted by molar-refractivity contribution is 0.196. The van der Waals surface area contributed by atoms with Crippen LogP contribution in [0.1, 0.15) is 36.4 Å². The zero-order chi connectivity index (χ0) is 20.2. The molecule has 0 bridgehead atoms. The number of pyridine rings is 1. The number of aromatic nitrogens is 1. The molecule has 2 fully saturated rings. The summed E-state index contributed by atoms with van der Waals surface area (Å²) in [7, 11) is 1.73. The number of likely N-dealkylation sites (tertiary alicyclic amines) is 1. The Labute approximate surface area is 170 Å². The third kappa shape index (κ3) is 4.90. The van der Waals surface area contributed by atoms with Crippen LogP contribution in [0.2, 0.25) is 0 Å². The topological polar surface area (TPSA) is 52.6 Å². The number of guanidine groups is 1. The van der Waals surface area contributed by atoms with Crippen LogP contribution < -0.4 is 10.6 Å². The predicted octanol–water partition coefficient (Wildman–Crippen LogP) is 3.05. The fourth-order valence-electron chi connectivity index (χ4n) is 4.03. The summed E-state index contributed by atoms with van der Waals surface area (Å²) in [6.07, 6.45) is 4.58. The predicted molar refractivity (Wildman–Crippen MR) is 110 cm³/mol. The second-order valence-electron chi connectivity index (χ2n) is 7.82. The van der Waals surface area contributed by atoms with Gasteiger partial charge >= 0.3 is 0 Å². The molecular weight excluding hydrogens is 372 g/mol. The fourth-order valence-corrected chi connectivity index (χ4v) is 4.03. The van der Waals surface area contributed by atoms with Crippen molar-refractivity contribution in [1.29, 1.82) is 0 Å². The Morgan fingerprint density at radius 1 is 1.10 bits per heavy atom. The maximum Gasteiger partial charge on any atom is 0.191 e. The Morgan fingerprint density at radius 2 is 1.86 bits per heavy atom. The van der Waals surface area contributed by atoms with E-state index in [2.05, 4.69) is 31.6 Å². The second kappa shape index (κ2) is 8.86. The standard InChI is InChI=1S/C22H27F2N5/c1-25-22(28-20-13-17(20)21-18(23)6-4-7-19(21)24)27-15-8-11-29(12-9-15)14-16-5-2-3-10-26-16/h2-7,10,15,17,20H,8-9,11-14H2,1H3,(H2,25,27,28). The fraction of sp³-hybridized carbons (Fsp3) is 0.455. The van der Waals surface area contributed by atoms with Crippen LogP contribution in [0.25, 0.3) is 0 Å². The number of halogens is 2. The highest BCUT2D eigenvalue weighted by Gasteiger charge is 2.42. The van der Waals surface area contributed by atoms with Crippen molar-refractivity contribution in [3.05, 3.63) is 65.5 Å². The Kier molecular flexibility index (Phi) is 6.04. The van der Waals surface area contributed by atoms with Gasteiger partial charge in [-0.3, -0.25) is 14.9 Å². The summed E-state index contributed by atoms with van der Waals surface area (Å²) in [5.41, 5.74) is 1.28. The Balaban J connectivity index is 1.25. The molecule has 1 aromatic heterocycles. The molecule has 29 heavy (non-hydrogen) atoms. The van der Waals surface area contributed by atoms with Crippen molar-refractivity contribution in [3.8, 4) is 0 Å². The molecule has 1 aliphatic carbocycles. The summed E-state index contributed by atoms with van der Waals surface area (Å²) in [6, 6.07) is 10.4. The molecule has 2 unspecified atom stereocenters. The molecule has 2 heterocycles. The molecule has 1 saturated heterocycles. The maximum absolute atomic E-state index is 14.0. The Morgan fingerprint density at radius 3 is 2.52 bits per heavy atom. The third-order valence-corrected chi connectivity index (χ3v) is 5.75. The van der Waals surface area contributed by atoms with Gasteiger partial charge in [-0.1, -0.05) is 12.1 Å². The number of piperidine rings is 1. The quantitative estimate of drug-likeness (QED) is 0.599. The van der Waals surface area contributed by atoms with Crippen molar-refractivity contribution in [2.24, 2.45) is 4.99 Å².